The molecule has 0 spiro atoms. The molecule has 2 heterocycles. The van der Waals surface area contributed by atoms with Crippen molar-refractivity contribution in [2.75, 3.05) is 18.4 Å². The summed E-state index contributed by atoms with van der Waals surface area (Å²) in [5.41, 5.74) is 0.751. The van der Waals surface area contributed by atoms with E-state index in [4.69, 9.17) is 0 Å². The van der Waals surface area contributed by atoms with Crippen LogP contribution in [0.4, 0.5) is 5.82 Å². The Morgan fingerprint density at radius 1 is 1.50 bits per heavy atom. The molecule has 0 fully saturated rings. The van der Waals surface area contributed by atoms with Gasteiger partial charge in [0.1, 0.15) is 5.82 Å². The monoisotopic (exact) mass is 219 g/mol. The second-order valence-corrected chi connectivity index (χ2v) is 3.25. The molecule has 16 heavy (non-hydrogen) atoms. The van der Waals surface area contributed by atoms with Crippen LogP contribution in [0.2, 0.25) is 0 Å². The molecule has 0 bridgehead atoms. The van der Waals surface area contributed by atoms with Gasteiger partial charge in [-0.05, 0) is 13.0 Å². The molecule has 0 aromatic carbocycles. The van der Waals surface area contributed by atoms with E-state index in [9.17, 15) is 4.79 Å². The number of nitrogens with zero attached hydrogens (tertiary/aromatic N) is 3. The molecular formula is C10H13N5O. The van der Waals surface area contributed by atoms with E-state index >= 15 is 0 Å². The van der Waals surface area contributed by atoms with Crippen molar-refractivity contribution in [3.63, 3.8) is 0 Å². The Morgan fingerprint density at radius 3 is 3.19 bits per heavy atom. The summed E-state index contributed by atoms with van der Waals surface area (Å²) < 4.78 is 1.66. The third kappa shape index (κ3) is 2.28. The predicted molar refractivity (Wildman–Crippen MR) is 60.2 cm³/mol. The van der Waals surface area contributed by atoms with E-state index in [1.165, 1.54) is 0 Å². The van der Waals surface area contributed by atoms with Gasteiger partial charge >= 0.3 is 0 Å². The molecule has 0 unspecified atom stereocenters. The van der Waals surface area contributed by atoms with Crippen LogP contribution in [0, 0.1) is 0 Å². The molecule has 2 aromatic heterocycles. The molecule has 2 N–H and O–H groups in total. The molecule has 0 aliphatic carbocycles. The number of rotatable bonds is 4. The predicted octanol–water partition coefficient (Wildman–Crippen LogP) is 0.277. The maximum Gasteiger partial charge on any atom is 0.239 e. The van der Waals surface area contributed by atoms with Gasteiger partial charge in [0.15, 0.2) is 5.65 Å². The Bertz CT molecular complexity index is 493. The highest BCUT2D eigenvalue weighted by Crippen LogP contribution is 2.04. The average molecular weight is 219 g/mol. The zero-order valence-electron chi connectivity index (χ0n) is 8.97. The number of carbonyl (C=O) groups excluding carboxylic acids is 1. The highest BCUT2D eigenvalue weighted by molar-refractivity contribution is 5.80. The maximum absolute atomic E-state index is 11.2. The molecule has 6 heteroatoms. The van der Waals surface area contributed by atoms with Gasteiger partial charge in [-0.1, -0.05) is 0 Å². The summed E-state index contributed by atoms with van der Waals surface area (Å²) >= 11 is 0. The van der Waals surface area contributed by atoms with Crippen LogP contribution in [0.25, 0.3) is 5.65 Å². The number of carbonyl (C=O) groups is 1. The standard InChI is InChI=1S/C10H13N5O/c1-2-11-10(16)7-12-8-4-6-15-9(14-8)3-5-13-15/h3-6H,2,7H2,1H3,(H,11,16)(H,12,14). The van der Waals surface area contributed by atoms with Crippen molar-refractivity contribution >= 4 is 17.4 Å². The number of hydrogen-bond acceptors (Lipinski definition) is 4. The van der Waals surface area contributed by atoms with Gasteiger partial charge in [0.05, 0.1) is 12.7 Å². The van der Waals surface area contributed by atoms with Crippen molar-refractivity contribution in [3.05, 3.63) is 24.5 Å². The van der Waals surface area contributed by atoms with Crippen LogP contribution >= 0.6 is 0 Å². The third-order valence-electron chi connectivity index (χ3n) is 2.06. The molecule has 0 aliphatic heterocycles. The third-order valence-corrected chi connectivity index (χ3v) is 2.06. The fraction of sp³-hybridized carbons (Fsp3) is 0.300. The lowest BCUT2D eigenvalue weighted by atomic mass is 10.5. The van der Waals surface area contributed by atoms with Crippen molar-refractivity contribution in [1.29, 1.82) is 0 Å². The molecule has 1 amide bonds. The Kier molecular flexibility index (Phi) is 3.00. The van der Waals surface area contributed by atoms with Crippen molar-refractivity contribution in [1.82, 2.24) is 19.9 Å². The summed E-state index contributed by atoms with van der Waals surface area (Å²) in [6.45, 7) is 2.75. The Hall–Kier alpha value is -2.11. The van der Waals surface area contributed by atoms with Crippen LogP contribution in [-0.2, 0) is 4.79 Å². The van der Waals surface area contributed by atoms with Crippen molar-refractivity contribution < 1.29 is 4.79 Å². The van der Waals surface area contributed by atoms with Crippen molar-refractivity contribution in [3.8, 4) is 0 Å². The average Bonchev–Trinajstić information content (AvgIpc) is 2.74. The Morgan fingerprint density at radius 2 is 2.38 bits per heavy atom. The van der Waals surface area contributed by atoms with E-state index in [0.717, 1.165) is 5.65 Å². The smallest absolute Gasteiger partial charge is 0.239 e. The molecule has 0 saturated carbocycles. The number of anilines is 1. The van der Waals surface area contributed by atoms with Crippen LogP contribution in [-0.4, -0.2) is 33.6 Å². The molecule has 2 aromatic rings. The highest BCUT2D eigenvalue weighted by Gasteiger charge is 2.01. The van der Waals surface area contributed by atoms with Crippen LogP contribution in [0.15, 0.2) is 24.5 Å². The summed E-state index contributed by atoms with van der Waals surface area (Å²) in [6, 6.07) is 3.58. The minimum Gasteiger partial charge on any atom is -0.361 e. The van der Waals surface area contributed by atoms with Gasteiger partial charge in [0, 0.05) is 18.8 Å². The van der Waals surface area contributed by atoms with E-state index in [1.54, 1.807) is 29.0 Å². The molecule has 2 rings (SSSR count). The SMILES string of the molecule is CCNC(=O)CNc1ccn2nccc2n1. The van der Waals surface area contributed by atoms with E-state index in [-0.39, 0.29) is 12.5 Å². The Balaban J connectivity index is 2.01. The summed E-state index contributed by atoms with van der Waals surface area (Å²) in [7, 11) is 0. The largest absolute Gasteiger partial charge is 0.361 e. The first-order valence-corrected chi connectivity index (χ1v) is 5.10. The quantitative estimate of drug-likeness (QED) is 0.774. The van der Waals surface area contributed by atoms with Gasteiger partial charge in [-0.2, -0.15) is 5.10 Å². The number of aromatic nitrogens is 3. The minimum atomic E-state index is -0.0438. The fourth-order valence-electron chi connectivity index (χ4n) is 1.34. The number of likely N-dealkylation sites (N-methyl/N-ethyl adjacent to an activating group) is 1. The fourth-order valence-corrected chi connectivity index (χ4v) is 1.34. The van der Waals surface area contributed by atoms with Gasteiger partial charge in [0.25, 0.3) is 0 Å². The van der Waals surface area contributed by atoms with Crippen LogP contribution in [0.5, 0.6) is 0 Å². The summed E-state index contributed by atoms with van der Waals surface area (Å²) in [6.07, 6.45) is 3.47. The summed E-state index contributed by atoms with van der Waals surface area (Å²) in [5.74, 6) is 0.622. The normalized spacial score (nSPS) is 10.3. The first kappa shape index (κ1) is 10.4. The van der Waals surface area contributed by atoms with E-state index in [1.807, 2.05) is 6.92 Å². The molecule has 6 nitrogen and oxygen atoms in total. The van der Waals surface area contributed by atoms with Gasteiger partial charge in [0.2, 0.25) is 5.91 Å². The summed E-state index contributed by atoms with van der Waals surface area (Å²) in [5, 5.41) is 9.68. The van der Waals surface area contributed by atoms with Crippen LogP contribution < -0.4 is 10.6 Å². The first-order chi connectivity index (χ1) is 7.79. The maximum atomic E-state index is 11.2. The van der Waals surface area contributed by atoms with E-state index in [2.05, 4.69) is 20.7 Å². The van der Waals surface area contributed by atoms with Crippen LogP contribution in [0.3, 0.4) is 0 Å². The van der Waals surface area contributed by atoms with E-state index in [0.29, 0.717) is 12.4 Å². The van der Waals surface area contributed by atoms with Gasteiger partial charge in [-0.3, -0.25) is 4.79 Å². The number of fused-ring (bicyclic) bond motifs is 1. The second-order valence-electron chi connectivity index (χ2n) is 3.25. The first-order valence-electron chi connectivity index (χ1n) is 5.10. The lowest BCUT2D eigenvalue weighted by Gasteiger charge is -2.05. The zero-order chi connectivity index (χ0) is 11.4. The van der Waals surface area contributed by atoms with Crippen molar-refractivity contribution in [2.24, 2.45) is 0 Å². The highest BCUT2D eigenvalue weighted by atomic mass is 16.1. The molecular weight excluding hydrogens is 206 g/mol. The zero-order valence-corrected chi connectivity index (χ0v) is 8.97. The van der Waals surface area contributed by atoms with Crippen LogP contribution in [0.1, 0.15) is 6.92 Å². The molecule has 84 valence electrons. The topological polar surface area (TPSA) is 71.3 Å². The lowest BCUT2D eigenvalue weighted by molar-refractivity contribution is -0.119. The van der Waals surface area contributed by atoms with Gasteiger partial charge < -0.3 is 10.6 Å². The molecule has 0 radical (unpaired) electrons. The number of nitrogens with one attached hydrogen (secondary N) is 2. The molecule has 0 aliphatic rings. The molecule has 0 atom stereocenters. The number of amides is 1. The number of hydrogen-bond donors (Lipinski definition) is 2. The van der Waals surface area contributed by atoms with Gasteiger partial charge in [-0.25, -0.2) is 9.50 Å². The Labute approximate surface area is 92.7 Å². The molecule has 0 saturated heterocycles. The van der Waals surface area contributed by atoms with Crippen molar-refractivity contribution in [2.45, 2.75) is 6.92 Å². The van der Waals surface area contributed by atoms with Gasteiger partial charge in [-0.15, -0.1) is 0 Å². The summed E-state index contributed by atoms with van der Waals surface area (Å²) in [4.78, 5) is 15.5. The minimum absolute atomic E-state index is 0.0438. The van der Waals surface area contributed by atoms with E-state index < -0.39 is 0 Å². The second kappa shape index (κ2) is 4.61. The lowest BCUT2D eigenvalue weighted by Crippen LogP contribution is -2.29.